The van der Waals surface area contributed by atoms with E-state index in [1.54, 1.807) is 36.2 Å². The minimum atomic E-state index is -0.411. The maximum atomic E-state index is 12.7. The predicted molar refractivity (Wildman–Crippen MR) is 114 cm³/mol. The lowest BCUT2D eigenvalue weighted by Crippen LogP contribution is -2.29. The third-order valence-electron chi connectivity index (χ3n) is 5.51. The van der Waals surface area contributed by atoms with Gasteiger partial charge in [-0.1, -0.05) is 32.0 Å². The minimum absolute atomic E-state index is 0.0316. The maximum absolute atomic E-state index is 12.7. The van der Waals surface area contributed by atoms with Crippen molar-refractivity contribution < 1.29 is 14.4 Å². The Labute approximate surface area is 171 Å². The summed E-state index contributed by atoms with van der Waals surface area (Å²) in [5, 5.41) is 5.42. The van der Waals surface area contributed by atoms with Gasteiger partial charge < -0.3 is 15.5 Å². The van der Waals surface area contributed by atoms with E-state index >= 15 is 0 Å². The molecule has 6 nitrogen and oxygen atoms in total. The summed E-state index contributed by atoms with van der Waals surface area (Å²) >= 11 is 0. The molecule has 0 aromatic heterocycles. The SMILES string of the molecule is CC[C@@H](C)c1ccccc1N1C[C@H](C(=O)Nc2ccc(C(=O)NC)cc2)CC1=O. The fraction of sp³-hybridized carbons (Fsp3) is 0.348. The van der Waals surface area contributed by atoms with Gasteiger partial charge in [0, 0.05) is 37.0 Å². The number of benzene rings is 2. The zero-order valence-electron chi connectivity index (χ0n) is 17.1. The normalized spacial score (nSPS) is 17.1. The van der Waals surface area contributed by atoms with E-state index in [-0.39, 0.29) is 24.1 Å². The number of amides is 3. The third-order valence-corrected chi connectivity index (χ3v) is 5.51. The molecule has 0 radical (unpaired) electrons. The number of carbonyl (C=O) groups excluding carboxylic acids is 3. The summed E-state index contributed by atoms with van der Waals surface area (Å²) in [5.41, 5.74) is 3.16. The molecule has 2 atom stereocenters. The van der Waals surface area contributed by atoms with E-state index in [2.05, 4.69) is 30.5 Å². The molecular weight excluding hydrogens is 366 g/mol. The standard InChI is InChI=1S/C23H27N3O3/c1-4-15(2)19-7-5-6-8-20(19)26-14-17(13-21(26)27)23(29)25-18-11-9-16(10-12-18)22(28)24-3/h5-12,15,17H,4,13-14H2,1-3H3,(H,24,28)(H,25,29)/t15-,17-/m1/s1. The van der Waals surface area contributed by atoms with Gasteiger partial charge in [-0.2, -0.15) is 0 Å². The number of carbonyl (C=O) groups is 3. The average Bonchev–Trinajstić information content (AvgIpc) is 3.14. The van der Waals surface area contributed by atoms with Crippen molar-refractivity contribution in [3.05, 3.63) is 59.7 Å². The van der Waals surface area contributed by atoms with E-state index in [1.807, 2.05) is 18.2 Å². The summed E-state index contributed by atoms with van der Waals surface area (Å²) in [6, 6.07) is 14.6. The predicted octanol–water partition coefficient (Wildman–Crippen LogP) is 3.55. The molecule has 0 aliphatic carbocycles. The lowest BCUT2D eigenvalue weighted by Gasteiger charge is -2.23. The summed E-state index contributed by atoms with van der Waals surface area (Å²) < 4.78 is 0. The van der Waals surface area contributed by atoms with Gasteiger partial charge in [0.05, 0.1) is 5.92 Å². The van der Waals surface area contributed by atoms with Crippen LogP contribution in [0, 0.1) is 5.92 Å². The van der Waals surface area contributed by atoms with Crippen molar-refractivity contribution in [2.24, 2.45) is 5.92 Å². The van der Waals surface area contributed by atoms with Crippen molar-refractivity contribution >= 4 is 29.1 Å². The topological polar surface area (TPSA) is 78.5 Å². The summed E-state index contributed by atoms with van der Waals surface area (Å²) in [6.07, 6.45) is 1.17. The molecule has 2 aromatic carbocycles. The smallest absolute Gasteiger partial charge is 0.251 e. The highest BCUT2D eigenvalue weighted by Gasteiger charge is 2.36. The number of nitrogens with one attached hydrogen (secondary N) is 2. The zero-order valence-corrected chi connectivity index (χ0v) is 17.1. The molecule has 0 bridgehead atoms. The van der Waals surface area contributed by atoms with Crippen LogP contribution in [0.1, 0.15) is 48.5 Å². The molecule has 0 saturated carbocycles. The highest BCUT2D eigenvalue weighted by molar-refractivity contribution is 6.04. The Kier molecular flexibility index (Phi) is 6.32. The number of nitrogens with zero attached hydrogens (tertiary/aromatic N) is 1. The Bertz CT molecular complexity index is 908. The van der Waals surface area contributed by atoms with Crippen LogP contribution in [0.5, 0.6) is 0 Å². The molecule has 2 N–H and O–H groups in total. The second kappa shape index (κ2) is 8.90. The zero-order chi connectivity index (χ0) is 21.0. The van der Waals surface area contributed by atoms with Gasteiger partial charge in [-0.05, 0) is 48.2 Å². The van der Waals surface area contributed by atoms with E-state index < -0.39 is 5.92 Å². The van der Waals surface area contributed by atoms with Crippen molar-refractivity contribution in [1.29, 1.82) is 0 Å². The Morgan fingerprint density at radius 1 is 1.14 bits per heavy atom. The molecule has 1 aliphatic rings. The van der Waals surface area contributed by atoms with E-state index in [0.717, 1.165) is 17.7 Å². The minimum Gasteiger partial charge on any atom is -0.355 e. The molecule has 29 heavy (non-hydrogen) atoms. The number of para-hydroxylation sites is 1. The molecule has 3 amide bonds. The van der Waals surface area contributed by atoms with Gasteiger partial charge in [0.25, 0.3) is 5.91 Å². The first-order valence-electron chi connectivity index (χ1n) is 9.96. The van der Waals surface area contributed by atoms with Crippen LogP contribution < -0.4 is 15.5 Å². The van der Waals surface area contributed by atoms with Crippen LogP contribution >= 0.6 is 0 Å². The number of hydrogen-bond acceptors (Lipinski definition) is 3. The Morgan fingerprint density at radius 3 is 2.48 bits per heavy atom. The largest absolute Gasteiger partial charge is 0.355 e. The van der Waals surface area contributed by atoms with Gasteiger partial charge in [0.2, 0.25) is 11.8 Å². The van der Waals surface area contributed by atoms with E-state index in [1.165, 1.54) is 0 Å². The highest BCUT2D eigenvalue weighted by atomic mass is 16.2. The Morgan fingerprint density at radius 2 is 1.83 bits per heavy atom. The monoisotopic (exact) mass is 393 g/mol. The quantitative estimate of drug-likeness (QED) is 0.788. The first-order valence-corrected chi connectivity index (χ1v) is 9.96. The van der Waals surface area contributed by atoms with Crippen LogP contribution in [0.25, 0.3) is 0 Å². The molecular formula is C23H27N3O3. The van der Waals surface area contributed by atoms with Gasteiger partial charge in [-0.3, -0.25) is 14.4 Å². The fourth-order valence-corrected chi connectivity index (χ4v) is 3.58. The second-order valence-electron chi connectivity index (χ2n) is 7.42. The molecule has 0 spiro atoms. The van der Waals surface area contributed by atoms with E-state index in [9.17, 15) is 14.4 Å². The summed E-state index contributed by atoms with van der Waals surface area (Å²) in [7, 11) is 1.57. The van der Waals surface area contributed by atoms with Crippen LogP contribution in [-0.4, -0.2) is 31.3 Å². The fourth-order valence-electron chi connectivity index (χ4n) is 3.58. The van der Waals surface area contributed by atoms with Crippen LogP contribution in [0.2, 0.25) is 0 Å². The molecule has 152 valence electrons. The van der Waals surface area contributed by atoms with Gasteiger partial charge in [-0.25, -0.2) is 0 Å². The lowest BCUT2D eigenvalue weighted by atomic mass is 9.96. The van der Waals surface area contributed by atoms with Crippen molar-refractivity contribution in [1.82, 2.24) is 5.32 Å². The number of rotatable bonds is 6. The highest BCUT2D eigenvalue weighted by Crippen LogP contribution is 2.33. The van der Waals surface area contributed by atoms with Gasteiger partial charge in [0.1, 0.15) is 0 Å². The molecule has 3 rings (SSSR count). The van der Waals surface area contributed by atoms with Crippen molar-refractivity contribution in [2.45, 2.75) is 32.6 Å². The van der Waals surface area contributed by atoms with Gasteiger partial charge in [0.15, 0.2) is 0 Å². The lowest BCUT2D eigenvalue weighted by molar-refractivity contribution is -0.122. The number of hydrogen-bond donors (Lipinski definition) is 2. The van der Waals surface area contributed by atoms with Crippen LogP contribution in [0.4, 0.5) is 11.4 Å². The van der Waals surface area contributed by atoms with Gasteiger partial charge in [-0.15, -0.1) is 0 Å². The van der Waals surface area contributed by atoms with Crippen LogP contribution in [0.3, 0.4) is 0 Å². The summed E-state index contributed by atoms with van der Waals surface area (Å²) in [6.45, 7) is 4.64. The number of anilines is 2. The van der Waals surface area contributed by atoms with Gasteiger partial charge >= 0.3 is 0 Å². The molecule has 6 heteroatoms. The summed E-state index contributed by atoms with van der Waals surface area (Å²) in [5.74, 6) is -0.470. The molecule has 1 aliphatic heterocycles. The van der Waals surface area contributed by atoms with Crippen LogP contribution in [-0.2, 0) is 9.59 Å². The second-order valence-corrected chi connectivity index (χ2v) is 7.42. The van der Waals surface area contributed by atoms with E-state index in [0.29, 0.717) is 23.7 Å². The molecule has 1 saturated heterocycles. The first kappa shape index (κ1) is 20.6. The summed E-state index contributed by atoms with van der Waals surface area (Å²) in [4.78, 5) is 38.7. The molecule has 2 aromatic rings. The maximum Gasteiger partial charge on any atom is 0.251 e. The van der Waals surface area contributed by atoms with Crippen LogP contribution in [0.15, 0.2) is 48.5 Å². The molecule has 1 fully saturated rings. The molecule has 0 unspecified atom stereocenters. The van der Waals surface area contributed by atoms with Crippen molar-refractivity contribution in [3.63, 3.8) is 0 Å². The average molecular weight is 393 g/mol. The Balaban J connectivity index is 1.70. The first-order chi connectivity index (χ1) is 13.9. The molecule has 1 heterocycles. The van der Waals surface area contributed by atoms with E-state index in [4.69, 9.17) is 0 Å². The third kappa shape index (κ3) is 4.47. The Hall–Kier alpha value is -3.15. The van der Waals surface area contributed by atoms with Crippen molar-refractivity contribution in [3.8, 4) is 0 Å². The van der Waals surface area contributed by atoms with Crippen molar-refractivity contribution in [2.75, 3.05) is 23.8 Å².